The maximum atomic E-state index is 15.5. The van der Waals surface area contributed by atoms with Crippen molar-refractivity contribution in [2.45, 2.75) is 27.7 Å². The Kier molecular flexibility index (Phi) is 25.7. The van der Waals surface area contributed by atoms with Gasteiger partial charge in [0.25, 0.3) is 0 Å². The third-order valence-corrected chi connectivity index (χ3v) is 24.7. The second-order valence-corrected chi connectivity index (χ2v) is 33.6. The van der Waals surface area contributed by atoms with E-state index in [1.165, 1.54) is 125 Å². The zero-order chi connectivity index (χ0) is 96.1. The molecule has 0 bridgehead atoms. The predicted molar refractivity (Wildman–Crippen MR) is 506 cm³/mol. The number of fused-ring (bicyclic) bond motifs is 10. The topological polar surface area (TPSA) is 419 Å². The van der Waals surface area contributed by atoms with E-state index in [1.54, 1.807) is 60.7 Å². The molecule has 4 aliphatic carbocycles. The Balaban J connectivity index is 0.000000136. The van der Waals surface area contributed by atoms with E-state index in [-0.39, 0.29) is 223 Å². The number of benzene rings is 14. The van der Waals surface area contributed by atoms with Crippen LogP contribution in [0.2, 0.25) is 50.2 Å². The molecule has 4 aliphatic heterocycles. The van der Waals surface area contributed by atoms with Gasteiger partial charge in [0.2, 0.25) is 22.1 Å². The Hall–Kier alpha value is -14.2. The van der Waals surface area contributed by atoms with Crippen LogP contribution in [-0.4, -0.2) is 87.9 Å². The SMILES string of the molecule is CC(=O)c1cc(Cl)c(C(=O)O)c(-c2c3cc(Cl)c(=O)cc-3oc3c(F)c(O)c4ccccc4c23)c1Cl.CC(=O)c1cc(Cl)c(C(=O)O)c(-c2c3cc(Cl)c(=O)cc-3oc3cc(O)c(-c4ccccc4)cc23)c1Cl.CC(=O)c1cc(Cl)c(C(=O)O)c(-c2c3cc(Cl)c(=O)cc-3oc3cc(O)c(Cl)cc23)c1Cl.CC(=O)c1ccc(C(=O)O)c(-c2c3ccc(=O)cc-3oc3cc(O)ccc23)c1. The van der Waals surface area contributed by atoms with Crippen LogP contribution in [0.1, 0.15) is 111 Å². The fourth-order valence-electron chi connectivity index (χ4n) is 15.5. The van der Waals surface area contributed by atoms with Gasteiger partial charge in [-0.15, -0.1) is 0 Å². The van der Waals surface area contributed by atoms with E-state index >= 15 is 4.39 Å². The minimum absolute atomic E-state index is 0.00447. The molecule has 24 nitrogen and oxygen atoms in total. The van der Waals surface area contributed by atoms with Crippen LogP contribution in [0.15, 0.2) is 225 Å². The Labute approximate surface area is 794 Å². The Morgan fingerprint density at radius 3 is 1.20 bits per heavy atom. The first-order chi connectivity index (χ1) is 63.0. The van der Waals surface area contributed by atoms with Crippen LogP contribution in [0.3, 0.4) is 0 Å². The molecule has 0 saturated carbocycles. The molecule has 10 aromatic rings. The monoisotopic (exact) mass is 1980 g/mol. The average Bonchev–Trinajstić information content (AvgIpc) is 0.711. The molecular formula is C98H51Cl10FO24. The minimum Gasteiger partial charge on any atom is -0.508 e. The molecule has 8 aliphatic rings. The van der Waals surface area contributed by atoms with Gasteiger partial charge in [-0.25, -0.2) is 19.2 Å². The molecular weight excluding hydrogens is 1930 g/mol. The smallest absolute Gasteiger partial charge is 0.337 e. The van der Waals surface area contributed by atoms with Gasteiger partial charge in [0, 0.05) is 158 Å². The third kappa shape index (κ3) is 17.1. The summed E-state index contributed by atoms with van der Waals surface area (Å²) in [4.78, 5) is 146. The first kappa shape index (κ1) is 93.5. The lowest BCUT2D eigenvalue weighted by Gasteiger charge is -2.21. The Morgan fingerprint density at radius 1 is 0.308 bits per heavy atom. The number of hydrogen-bond donors (Lipinski definition) is 8. The number of carboxylic acid groups (broad SMARTS) is 4. The predicted octanol–water partition coefficient (Wildman–Crippen LogP) is 26.2. The number of phenols is 4. The van der Waals surface area contributed by atoms with Crippen molar-refractivity contribution in [3.05, 3.63) is 330 Å². The van der Waals surface area contributed by atoms with Crippen LogP contribution in [-0.2, 0) is 0 Å². The van der Waals surface area contributed by atoms with Crippen LogP contribution in [0.5, 0.6) is 23.0 Å². The summed E-state index contributed by atoms with van der Waals surface area (Å²) >= 11 is 63.3. The van der Waals surface area contributed by atoms with Gasteiger partial charge >= 0.3 is 23.9 Å². The number of rotatable bonds is 13. The molecule has 10 aromatic carbocycles. The van der Waals surface area contributed by atoms with Gasteiger partial charge in [-0.1, -0.05) is 177 Å². The van der Waals surface area contributed by atoms with E-state index in [4.69, 9.17) is 134 Å². The number of phenolic OH excluding ortho intramolecular Hbond substituents is 4. The number of carboxylic acids is 4. The number of aromatic carboxylic acids is 4. The minimum atomic E-state index is -1.47. The summed E-state index contributed by atoms with van der Waals surface area (Å²) in [5.41, 5.74) is 0.380. The zero-order valence-corrected chi connectivity index (χ0v) is 75.2. The molecule has 35 heteroatoms. The van der Waals surface area contributed by atoms with Crippen molar-refractivity contribution in [3.63, 3.8) is 0 Å². The lowest BCUT2D eigenvalue weighted by atomic mass is 9.87. The first-order valence-corrected chi connectivity index (χ1v) is 42.2. The lowest BCUT2D eigenvalue weighted by molar-refractivity contribution is 0.0687. The molecule has 18 rings (SSSR count). The molecule has 0 unspecified atom stereocenters. The summed E-state index contributed by atoms with van der Waals surface area (Å²) in [6.07, 6.45) is 0. The molecule has 0 amide bonds. The van der Waals surface area contributed by atoms with Crippen LogP contribution in [0, 0.1) is 5.82 Å². The maximum absolute atomic E-state index is 15.5. The number of ketones is 4. The summed E-state index contributed by atoms with van der Waals surface area (Å²) in [5, 5.41) is 80.8. The maximum Gasteiger partial charge on any atom is 0.337 e. The van der Waals surface area contributed by atoms with Gasteiger partial charge in [0.05, 0.1) is 72.5 Å². The van der Waals surface area contributed by atoms with Crippen LogP contribution in [0.25, 0.3) is 156 Å². The summed E-state index contributed by atoms with van der Waals surface area (Å²) in [6, 6.07) is 44.6. The van der Waals surface area contributed by atoms with E-state index in [0.717, 1.165) is 24.3 Å². The standard InChI is InChI=1S/C28H15Cl3O6.C26H12Cl3FO6.C22H10Cl4O6.C22H14O6/c1-12(32)14-8-19(30)25(28(35)36)26(27(14)31)24-16-7-15(13-5-3-2-4-6-13)20(33)10-22(16)37-23-11-21(34)18(29)9-17(23)24;1-9(31)12-6-15(28)20(26(34)35)21(22(12)29)18-13-7-14(27)16(32)8-17(13)36-25-19(18)10-4-2-3-5-11(10)24(33)23(25)30;1-7(27)8-2-13(25)19(22(30)31)20(21(8)26)18-9-3-11(23)14(28)5-16(9)32-17-6-15(29)12(24)4-10(17)18;1-11(23)12-2-5-15(22(26)27)18(8-12)21-16-6-3-13(24)9-19(16)28-20-10-14(25)4-7-17(20)21/h2-11,33H,1H3,(H,35,36);2-8,33H,1H3,(H,34,35);2-6,28H,1H3,(H,30,31);2-10,24H,1H3,(H,26,27). The fourth-order valence-corrected chi connectivity index (χ4v) is 18.2. The second kappa shape index (κ2) is 36.5. The fraction of sp³-hybridized carbons (Fsp3) is 0.0408. The first-order valence-electron chi connectivity index (χ1n) is 38.4. The van der Waals surface area contributed by atoms with E-state index in [2.05, 4.69) is 0 Å². The molecule has 664 valence electrons. The summed E-state index contributed by atoms with van der Waals surface area (Å²) in [6.45, 7) is 5.17. The molecule has 133 heavy (non-hydrogen) atoms. The van der Waals surface area contributed by atoms with Crippen LogP contribution < -0.4 is 21.7 Å². The van der Waals surface area contributed by atoms with Gasteiger partial charge < -0.3 is 58.5 Å². The van der Waals surface area contributed by atoms with Crippen molar-refractivity contribution in [1.82, 2.24) is 0 Å². The molecule has 0 spiro atoms. The van der Waals surface area contributed by atoms with Gasteiger partial charge in [0.1, 0.15) is 57.0 Å². The van der Waals surface area contributed by atoms with Crippen molar-refractivity contribution in [2.75, 3.05) is 0 Å². The molecule has 0 radical (unpaired) electrons. The highest BCUT2D eigenvalue weighted by atomic mass is 35.5. The normalized spacial score (nSPS) is 11.3. The second-order valence-electron chi connectivity index (χ2n) is 29.6. The van der Waals surface area contributed by atoms with Crippen molar-refractivity contribution in [3.8, 4) is 124 Å². The van der Waals surface area contributed by atoms with E-state index in [0.29, 0.717) is 44.2 Å². The van der Waals surface area contributed by atoms with Crippen LogP contribution >= 0.6 is 116 Å². The van der Waals surface area contributed by atoms with Gasteiger partial charge in [-0.3, -0.25) is 38.4 Å². The summed E-state index contributed by atoms with van der Waals surface area (Å²) in [7, 11) is 0. The summed E-state index contributed by atoms with van der Waals surface area (Å²) < 4.78 is 38.7. The number of aromatic hydroxyl groups is 4. The largest absolute Gasteiger partial charge is 0.508 e. The Bertz CT molecular complexity index is 8350. The molecule has 0 aromatic heterocycles. The highest BCUT2D eigenvalue weighted by Crippen LogP contribution is 2.55. The highest BCUT2D eigenvalue weighted by Gasteiger charge is 2.36. The number of Topliss-reactive ketones (excluding diaryl/α,β-unsaturated/α-hetero) is 4. The average molecular weight is 1990 g/mol. The van der Waals surface area contributed by atoms with E-state index < -0.39 is 80.2 Å². The number of halogens is 11. The lowest BCUT2D eigenvalue weighted by Crippen LogP contribution is -2.08. The number of hydrogen-bond acceptors (Lipinski definition) is 20. The zero-order valence-electron chi connectivity index (χ0n) is 67.7. The van der Waals surface area contributed by atoms with Crippen molar-refractivity contribution >= 4 is 218 Å². The van der Waals surface area contributed by atoms with E-state index in [9.17, 15) is 98.4 Å². The van der Waals surface area contributed by atoms with Crippen molar-refractivity contribution in [2.24, 2.45) is 0 Å². The molecule has 0 fully saturated rings. The number of carbonyl (C=O) groups excluding carboxylic acids is 4. The van der Waals surface area contributed by atoms with Gasteiger partial charge in [-0.2, -0.15) is 4.39 Å². The molecule has 0 atom stereocenters. The molecule has 8 N–H and O–H groups in total. The van der Waals surface area contributed by atoms with Gasteiger partial charge in [0.15, 0.2) is 39.9 Å². The van der Waals surface area contributed by atoms with E-state index in [1.807, 2.05) is 6.07 Å². The van der Waals surface area contributed by atoms with Crippen LogP contribution in [0.4, 0.5) is 4.39 Å². The summed E-state index contributed by atoms with van der Waals surface area (Å²) in [5.74, 6) is -9.05. The highest BCUT2D eigenvalue weighted by molar-refractivity contribution is 6.45. The van der Waals surface area contributed by atoms with Gasteiger partial charge in [-0.05, 0) is 129 Å². The third-order valence-electron chi connectivity index (χ3n) is 21.4. The molecule has 4 heterocycles. The number of carbonyl (C=O) groups is 8. The Morgan fingerprint density at radius 2 is 0.737 bits per heavy atom. The van der Waals surface area contributed by atoms with Crippen molar-refractivity contribution < 1.29 is 101 Å². The molecule has 0 saturated heterocycles. The van der Waals surface area contributed by atoms with Crippen molar-refractivity contribution in [1.29, 1.82) is 0 Å². The quantitative estimate of drug-likeness (QED) is 0.0302.